The number of ether oxygens (including phenoxy) is 3. The second-order valence-corrected chi connectivity index (χ2v) is 9.07. The molecule has 1 aliphatic carbocycles. The molecule has 0 aromatic carbocycles. The molecule has 4 heterocycles. The third kappa shape index (κ3) is 3.03. The number of fused-ring (bicyclic) bond motifs is 4. The number of nitrogens with zero attached hydrogens (tertiary/aromatic N) is 1. The summed E-state index contributed by atoms with van der Waals surface area (Å²) in [5.41, 5.74) is 0. The van der Waals surface area contributed by atoms with E-state index < -0.39 is 0 Å². The molecule has 3 fully saturated rings. The number of anilines is 1. The average molecular weight is 412 g/mol. The Morgan fingerprint density at radius 2 is 2.11 bits per heavy atom. The van der Waals surface area contributed by atoms with Gasteiger partial charge >= 0.3 is 0 Å². The minimum atomic E-state index is -0.219. The van der Waals surface area contributed by atoms with E-state index in [0.29, 0.717) is 34.0 Å². The van der Waals surface area contributed by atoms with Crippen molar-refractivity contribution in [3.05, 3.63) is 8.83 Å². The normalized spacial score (nSPS) is 34.5. The predicted octanol–water partition coefficient (Wildman–Crippen LogP) is 1.83. The highest BCUT2D eigenvalue weighted by Crippen LogP contribution is 2.45. The summed E-state index contributed by atoms with van der Waals surface area (Å²) >= 11 is 6.79. The van der Waals surface area contributed by atoms with Gasteiger partial charge in [0.05, 0.1) is 30.3 Å². The van der Waals surface area contributed by atoms with Crippen LogP contribution in [0.3, 0.4) is 0 Å². The van der Waals surface area contributed by atoms with Gasteiger partial charge in [-0.2, -0.15) is 0 Å². The Hall–Kier alpha value is -1.33. The lowest BCUT2D eigenvalue weighted by atomic mass is 9.79. The Morgan fingerprint density at radius 1 is 1.30 bits per heavy atom. The summed E-state index contributed by atoms with van der Waals surface area (Å²) in [4.78, 5) is 25.9. The molecule has 0 radical (unpaired) electrons. The highest BCUT2D eigenvalue weighted by atomic mass is 32.1. The maximum Gasteiger partial charge on any atom is 0.265 e. The first-order chi connectivity index (χ1) is 13.1. The van der Waals surface area contributed by atoms with E-state index >= 15 is 0 Å². The second-order valence-electron chi connectivity index (χ2n) is 7.42. The van der Waals surface area contributed by atoms with E-state index in [0.717, 1.165) is 19.4 Å². The SMILES string of the molecule is O=C(NCC1CCCO1)c1sc(=S)n2c1NC(=O)C1CC3OCOC3CC12. The van der Waals surface area contributed by atoms with Crippen molar-refractivity contribution in [3.63, 3.8) is 0 Å². The summed E-state index contributed by atoms with van der Waals surface area (Å²) < 4.78 is 19.3. The first kappa shape index (κ1) is 17.7. The van der Waals surface area contributed by atoms with Gasteiger partial charge in [0, 0.05) is 13.2 Å². The van der Waals surface area contributed by atoms with Crippen molar-refractivity contribution >= 4 is 41.2 Å². The van der Waals surface area contributed by atoms with Gasteiger partial charge in [-0.1, -0.05) is 11.3 Å². The molecule has 10 heteroatoms. The summed E-state index contributed by atoms with van der Waals surface area (Å²) in [5, 5.41) is 5.84. The van der Waals surface area contributed by atoms with Crippen LogP contribution in [0.2, 0.25) is 0 Å². The fraction of sp³-hybridized carbons (Fsp3) is 0.706. The second kappa shape index (κ2) is 6.93. The first-order valence-electron chi connectivity index (χ1n) is 9.31. The molecule has 1 saturated carbocycles. The summed E-state index contributed by atoms with van der Waals surface area (Å²) in [6, 6.07) is -0.0971. The van der Waals surface area contributed by atoms with Crippen molar-refractivity contribution in [1.82, 2.24) is 9.88 Å². The number of nitrogens with one attached hydrogen (secondary N) is 2. The molecule has 2 amide bonds. The van der Waals surface area contributed by atoms with Crippen molar-refractivity contribution in [3.8, 4) is 0 Å². The molecule has 3 aliphatic heterocycles. The molecule has 2 saturated heterocycles. The maximum atomic E-state index is 12.7. The van der Waals surface area contributed by atoms with Crippen LogP contribution >= 0.6 is 23.6 Å². The van der Waals surface area contributed by atoms with E-state index in [1.165, 1.54) is 11.3 Å². The van der Waals surface area contributed by atoms with Gasteiger partial charge in [-0.05, 0) is 37.9 Å². The van der Waals surface area contributed by atoms with Crippen LogP contribution in [0, 0.1) is 9.87 Å². The Balaban J connectivity index is 1.41. The van der Waals surface area contributed by atoms with Gasteiger partial charge in [-0.15, -0.1) is 0 Å². The van der Waals surface area contributed by atoms with Crippen molar-refractivity contribution in [2.24, 2.45) is 5.92 Å². The van der Waals surface area contributed by atoms with Gasteiger partial charge < -0.3 is 29.4 Å². The predicted molar refractivity (Wildman–Crippen MR) is 99.5 cm³/mol. The Labute approximate surface area is 165 Å². The zero-order valence-electron chi connectivity index (χ0n) is 14.6. The Kier molecular flexibility index (Phi) is 4.55. The van der Waals surface area contributed by atoms with Crippen LogP contribution in [0.4, 0.5) is 5.82 Å². The minimum absolute atomic E-state index is 0.0245. The van der Waals surface area contributed by atoms with Gasteiger partial charge in [0.1, 0.15) is 17.5 Å². The molecule has 0 spiro atoms. The van der Waals surface area contributed by atoms with E-state index in [1.807, 2.05) is 4.57 Å². The van der Waals surface area contributed by atoms with Crippen LogP contribution < -0.4 is 10.6 Å². The van der Waals surface area contributed by atoms with Gasteiger partial charge in [0.25, 0.3) is 5.91 Å². The first-order valence-corrected chi connectivity index (χ1v) is 10.5. The van der Waals surface area contributed by atoms with Gasteiger partial charge in [-0.3, -0.25) is 9.59 Å². The molecule has 5 unspecified atom stereocenters. The lowest BCUT2D eigenvalue weighted by molar-refractivity contribution is -0.125. The monoisotopic (exact) mass is 411 g/mol. The van der Waals surface area contributed by atoms with E-state index in [2.05, 4.69) is 10.6 Å². The van der Waals surface area contributed by atoms with Crippen molar-refractivity contribution in [1.29, 1.82) is 0 Å². The van der Waals surface area contributed by atoms with Crippen LogP contribution in [0.25, 0.3) is 0 Å². The molecule has 2 N–H and O–H groups in total. The number of aromatic nitrogens is 1. The quantitative estimate of drug-likeness (QED) is 0.738. The Morgan fingerprint density at radius 3 is 2.89 bits per heavy atom. The Bertz CT molecular complexity index is 831. The van der Waals surface area contributed by atoms with Crippen LogP contribution in [0.5, 0.6) is 0 Å². The topological polar surface area (TPSA) is 90.8 Å². The molecule has 8 nitrogen and oxygen atoms in total. The summed E-state index contributed by atoms with van der Waals surface area (Å²) in [5.74, 6) is 0.00108. The number of rotatable bonds is 3. The molecule has 0 bridgehead atoms. The maximum absolute atomic E-state index is 12.7. The molecular formula is C17H21N3O5S2. The van der Waals surface area contributed by atoms with Crippen LogP contribution in [0.1, 0.15) is 41.4 Å². The van der Waals surface area contributed by atoms with E-state index in [4.69, 9.17) is 26.4 Å². The molecule has 4 aliphatic rings. The van der Waals surface area contributed by atoms with Crippen molar-refractivity contribution < 1.29 is 23.8 Å². The zero-order valence-corrected chi connectivity index (χ0v) is 16.3. The highest BCUT2D eigenvalue weighted by molar-refractivity contribution is 7.73. The number of amides is 2. The lowest BCUT2D eigenvalue weighted by Crippen LogP contribution is -2.47. The fourth-order valence-corrected chi connectivity index (χ4v) is 5.89. The van der Waals surface area contributed by atoms with E-state index in [1.54, 1.807) is 0 Å². The molecule has 27 heavy (non-hydrogen) atoms. The average Bonchev–Trinajstić information content (AvgIpc) is 3.38. The van der Waals surface area contributed by atoms with Crippen molar-refractivity contribution in [2.45, 2.75) is 50.0 Å². The fourth-order valence-electron chi connectivity index (χ4n) is 4.50. The van der Waals surface area contributed by atoms with Gasteiger partial charge in [-0.25, -0.2) is 0 Å². The largest absolute Gasteiger partial charge is 0.376 e. The third-order valence-electron chi connectivity index (χ3n) is 5.88. The number of carbonyl (C=O) groups is 2. The van der Waals surface area contributed by atoms with Crippen LogP contribution in [-0.4, -0.2) is 54.6 Å². The molecule has 1 aromatic rings. The number of hydrogen-bond donors (Lipinski definition) is 2. The minimum Gasteiger partial charge on any atom is -0.376 e. The van der Waals surface area contributed by atoms with E-state index in [-0.39, 0.29) is 48.9 Å². The molecule has 5 rings (SSSR count). The summed E-state index contributed by atoms with van der Waals surface area (Å²) in [6.07, 6.45) is 3.25. The summed E-state index contributed by atoms with van der Waals surface area (Å²) in [6.45, 7) is 1.49. The number of carbonyl (C=O) groups excluding carboxylic acids is 2. The molecule has 5 atom stereocenters. The number of thiazole rings is 1. The number of hydrogen-bond acceptors (Lipinski definition) is 7. The highest BCUT2D eigenvalue weighted by Gasteiger charge is 2.48. The third-order valence-corrected chi connectivity index (χ3v) is 7.28. The smallest absolute Gasteiger partial charge is 0.265 e. The summed E-state index contributed by atoms with van der Waals surface area (Å²) in [7, 11) is 0. The molecule has 1 aromatic heterocycles. The standard InChI is InChI=1S/C17H21N3O5S2/c21-15-9-4-11-12(25-7-24-11)5-10(9)20-14(19-15)13(27-17(20)26)16(22)18-6-8-2-1-3-23-8/h8-12H,1-7H2,(H,18,22)(H,19,21). The van der Waals surface area contributed by atoms with Crippen molar-refractivity contribution in [2.75, 3.05) is 25.3 Å². The zero-order chi connectivity index (χ0) is 18.5. The van der Waals surface area contributed by atoms with Gasteiger partial charge in [0.2, 0.25) is 5.91 Å². The molecular weight excluding hydrogens is 390 g/mol. The lowest BCUT2D eigenvalue weighted by Gasteiger charge is -2.40. The van der Waals surface area contributed by atoms with Crippen LogP contribution in [0.15, 0.2) is 0 Å². The van der Waals surface area contributed by atoms with Gasteiger partial charge in [0.15, 0.2) is 3.95 Å². The van der Waals surface area contributed by atoms with E-state index in [9.17, 15) is 9.59 Å². The molecule has 146 valence electrons. The van der Waals surface area contributed by atoms with Crippen LogP contribution in [-0.2, 0) is 19.0 Å².